The lowest BCUT2D eigenvalue weighted by Gasteiger charge is -2.23. The van der Waals surface area contributed by atoms with Crippen LogP contribution in [0.3, 0.4) is 0 Å². The van der Waals surface area contributed by atoms with Gasteiger partial charge in [0.15, 0.2) is 0 Å². The van der Waals surface area contributed by atoms with Crippen LogP contribution in [-0.4, -0.2) is 62.6 Å². The van der Waals surface area contributed by atoms with Crippen molar-refractivity contribution >= 4 is 43.7 Å². The summed E-state index contributed by atoms with van der Waals surface area (Å²) in [6, 6.07) is 6.72. The van der Waals surface area contributed by atoms with Crippen molar-refractivity contribution in [3.63, 3.8) is 0 Å². The van der Waals surface area contributed by atoms with E-state index in [1.54, 1.807) is 11.3 Å². The molecule has 4 rings (SSSR count). The van der Waals surface area contributed by atoms with Crippen molar-refractivity contribution in [2.75, 3.05) is 32.4 Å². The number of carbonyl (C=O) groups is 1. The highest BCUT2D eigenvalue weighted by molar-refractivity contribution is 7.98. The van der Waals surface area contributed by atoms with Gasteiger partial charge in [0.1, 0.15) is 0 Å². The zero-order valence-corrected chi connectivity index (χ0v) is 23.6. The Hall–Kier alpha value is -2.13. The molecule has 0 spiro atoms. The van der Waals surface area contributed by atoms with Gasteiger partial charge in [-0.2, -0.15) is 0 Å². The third-order valence-corrected chi connectivity index (χ3v) is 11.0. The van der Waals surface area contributed by atoms with Gasteiger partial charge in [-0.25, -0.2) is 4.31 Å². The first-order chi connectivity index (χ1) is 17.2. The highest BCUT2D eigenvalue weighted by Gasteiger charge is 2.25. The third kappa shape index (κ3) is 5.42. The van der Waals surface area contributed by atoms with Crippen molar-refractivity contribution in [2.24, 2.45) is 5.73 Å². The van der Waals surface area contributed by atoms with Crippen molar-refractivity contribution in [2.45, 2.75) is 58.4 Å². The van der Waals surface area contributed by atoms with E-state index in [9.17, 15) is 9.00 Å². The number of nitrogens with two attached hydrogens (primary N) is 1. The number of carbonyl (C=O) groups excluding carboxylic acids is 1. The molecule has 3 heterocycles. The number of hydrogen-bond acceptors (Lipinski definition) is 4. The summed E-state index contributed by atoms with van der Waals surface area (Å²) in [5.74, 6) is 4.48. The van der Waals surface area contributed by atoms with Crippen LogP contribution in [0.4, 0.5) is 0 Å². The quantitative estimate of drug-likeness (QED) is 0.354. The second-order valence-electron chi connectivity index (χ2n) is 10.1. The number of H-pyrrole nitrogens is 1. The number of aromatic amines is 1. The molecule has 1 aliphatic heterocycles. The molecule has 2 aromatic heterocycles. The standard InChI is InChI=1S/C28H40N4O2S2/c1-6-11-31(4)19(3)26-16-22(18-35-26)21-14-23-25(17-30-27(23)24(15-21)28(29)33)20-9-8-12-32(13-10-20)36(5,34)7-2/h14-20,30H,5-13H2,1-4H3,(H2,29,33). The number of aromatic nitrogens is 1. The Morgan fingerprint density at radius 2 is 2.06 bits per heavy atom. The number of benzene rings is 1. The first-order valence-corrected chi connectivity index (χ1v) is 15.7. The average molecular weight is 529 g/mol. The Bertz CT molecular complexity index is 1320. The van der Waals surface area contributed by atoms with E-state index in [0.717, 1.165) is 67.3 Å². The van der Waals surface area contributed by atoms with Crippen LogP contribution >= 0.6 is 11.3 Å². The van der Waals surface area contributed by atoms with Gasteiger partial charge in [0.2, 0.25) is 0 Å². The van der Waals surface area contributed by atoms with Gasteiger partial charge in [0.05, 0.1) is 11.1 Å². The second kappa shape index (κ2) is 11.1. The monoisotopic (exact) mass is 528 g/mol. The molecular formula is C28H40N4O2S2. The SMILES string of the molecule is C=S(=O)(CC)N1CCCC(c2c[nH]c3c(C(N)=O)cc(-c4csc(C(C)N(C)CCC)c4)cc23)CC1. The van der Waals surface area contributed by atoms with Crippen LogP contribution < -0.4 is 5.73 Å². The lowest BCUT2D eigenvalue weighted by molar-refractivity contribution is 0.100. The fourth-order valence-corrected chi connectivity index (χ4v) is 7.64. The van der Waals surface area contributed by atoms with Crippen LogP contribution in [-0.2, 0) is 9.71 Å². The topological polar surface area (TPSA) is 82.4 Å². The number of nitrogens with one attached hydrogen (secondary N) is 1. The summed E-state index contributed by atoms with van der Waals surface area (Å²) in [6.07, 6.45) is 6.08. The molecule has 1 saturated heterocycles. The van der Waals surface area contributed by atoms with Gasteiger partial charge in [0.25, 0.3) is 5.91 Å². The van der Waals surface area contributed by atoms with E-state index in [1.807, 2.05) is 19.2 Å². The first-order valence-electron chi connectivity index (χ1n) is 13.0. The van der Waals surface area contributed by atoms with Crippen molar-refractivity contribution < 1.29 is 9.00 Å². The maximum Gasteiger partial charge on any atom is 0.250 e. The van der Waals surface area contributed by atoms with Crippen LogP contribution in [0, 0.1) is 0 Å². The molecule has 1 amide bonds. The number of amides is 1. The zero-order chi connectivity index (χ0) is 26.0. The summed E-state index contributed by atoms with van der Waals surface area (Å²) < 4.78 is 14.9. The molecule has 3 unspecified atom stereocenters. The van der Waals surface area contributed by atoms with E-state index < -0.39 is 15.6 Å². The molecule has 0 saturated carbocycles. The first kappa shape index (κ1) is 26.9. The molecule has 196 valence electrons. The van der Waals surface area contributed by atoms with Crippen molar-refractivity contribution in [3.05, 3.63) is 45.8 Å². The fraction of sp³-hybridized carbons (Fsp3) is 0.500. The summed E-state index contributed by atoms with van der Waals surface area (Å²) in [7, 11) is -0.0278. The van der Waals surface area contributed by atoms with Crippen molar-refractivity contribution in [1.82, 2.24) is 14.2 Å². The van der Waals surface area contributed by atoms with E-state index in [2.05, 4.69) is 58.5 Å². The molecule has 0 aliphatic carbocycles. The maximum absolute atomic E-state index is 12.9. The van der Waals surface area contributed by atoms with Gasteiger partial charge < -0.3 is 10.7 Å². The fourth-order valence-electron chi connectivity index (χ4n) is 5.33. The van der Waals surface area contributed by atoms with E-state index in [1.165, 1.54) is 10.4 Å². The minimum atomic E-state index is -2.19. The van der Waals surface area contributed by atoms with Crippen LogP contribution in [0.2, 0.25) is 0 Å². The van der Waals surface area contributed by atoms with Crippen LogP contribution in [0.25, 0.3) is 22.0 Å². The number of hydrogen-bond donors (Lipinski definition) is 2. The van der Waals surface area contributed by atoms with E-state index in [-0.39, 0.29) is 0 Å². The molecule has 8 heteroatoms. The molecule has 1 aromatic carbocycles. The zero-order valence-electron chi connectivity index (χ0n) is 22.0. The van der Waals surface area contributed by atoms with Crippen LogP contribution in [0.15, 0.2) is 29.8 Å². The molecule has 36 heavy (non-hydrogen) atoms. The van der Waals surface area contributed by atoms with Crippen molar-refractivity contribution in [3.8, 4) is 11.1 Å². The van der Waals surface area contributed by atoms with Gasteiger partial charge in [-0.3, -0.25) is 13.9 Å². The van der Waals surface area contributed by atoms with Gasteiger partial charge in [-0.15, -0.1) is 11.3 Å². The molecule has 3 aromatic rings. The predicted octanol–water partition coefficient (Wildman–Crippen LogP) is 5.62. The lowest BCUT2D eigenvalue weighted by atomic mass is 9.90. The van der Waals surface area contributed by atoms with Crippen molar-refractivity contribution in [1.29, 1.82) is 0 Å². The molecule has 1 fully saturated rings. The molecule has 0 bridgehead atoms. The Morgan fingerprint density at radius 3 is 2.75 bits per heavy atom. The van der Waals surface area contributed by atoms with Gasteiger partial charge in [-0.1, -0.05) is 13.8 Å². The van der Waals surface area contributed by atoms with Gasteiger partial charge in [0, 0.05) is 51.1 Å². The molecular weight excluding hydrogens is 488 g/mol. The molecule has 3 N–H and O–H groups in total. The van der Waals surface area contributed by atoms with E-state index in [0.29, 0.717) is 23.3 Å². The molecule has 0 radical (unpaired) electrons. The number of primary amides is 1. The summed E-state index contributed by atoms with van der Waals surface area (Å²) in [6.45, 7) is 9.03. The number of fused-ring (bicyclic) bond motifs is 1. The normalized spacial score (nSPS) is 19.9. The van der Waals surface area contributed by atoms with Gasteiger partial charge in [-0.05, 0) is 98.3 Å². The van der Waals surface area contributed by atoms with E-state index in [4.69, 9.17) is 5.73 Å². The molecule has 1 aliphatic rings. The molecule has 6 nitrogen and oxygen atoms in total. The second-order valence-corrected chi connectivity index (χ2v) is 13.6. The third-order valence-electron chi connectivity index (χ3n) is 7.74. The molecule has 3 atom stereocenters. The summed E-state index contributed by atoms with van der Waals surface area (Å²) in [5, 5.41) is 3.25. The Balaban J connectivity index is 1.70. The number of rotatable bonds is 9. The predicted molar refractivity (Wildman–Crippen MR) is 155 cm³/mol. The number of nitrogens with zero attached hydrogens (tertiary/aromatic N) is 2. The minimum absolute atomic E-state index is 0.326. The summed E-state index contributed by atoms with van der Waals surface area (Å²) in [4.78, 5) is 19.5. The van der Waals surface area contributed by atoms with Gasteiger partial charge >= 0.3 is 0 Å². The Labute approximate surface area is 220 Å². The highest BCUT2D eigenvalue weighted by atomic mass is 32.2. The van der Waals surface area contributed by atoms with Crippen LogP contribution in [0.5, 0.6) is 0 Å². The smallest absolute Gasteiger partial charge is 0.250 e. The Morgan fingerprint density at radius 1 is 1.28 bits per heavy atom. The summed E-state index contributed by atoms with van der Waals surface area (Å²) >= 11 is 1.76. The van der Waals surface area contributed by atoms with Crippen LogP contribution in [0.1, 0.15) is 79.2 Å². The van der Waals surface area contributed by atoms with E-state index >= 15 is 0 Å². The lowest BCUT2D eigenvalue weighted by Crippen LogP contribution is -2.33. The number of thiophene rings is 1. The minimum Gasteiger partial charge on any atom is -0.366 e. The average Bonchev–Trinajstić information content (AvgIpc) is 3.44. The Kier molecular flexibility index (Phi) is 8.29. The highest BCUT2D eigenvalue weighted by Crippen LogP contribution is 2.38. The summed E-state index contributed by atoms with van der Waals surface area (Å²) in [5.41, 5.74) is 10.5. The maximum atomic E-state index is 12.9. The largest absolute Gasteiger partial charge is 0.366 e.